The van der Waals surface area contributed by atoms with E-state index >= 15 is 0 Å². The molecule has 6 heteroatoms. The van der Waals surface area contributed by atoms with Gasteiger partial charge in [-0.25, -0.2) is 8.42 Å². The average molecular weight is 368 g/mol. The highest BCUT2D eigenvalue weighted by Crippen LogP contribution is 2.32. The summed E-state index contributed by atoms with van der Waals surface area (Å²) in [6.45, 7) is 3.41. The first-order chi connectivity index (χ1) is 12.3. The number of nitrogens with one attached hydrogen (secondary N) is 1. The minimum Gasteiger partial charge on any atom is -0.325 e. The highest BCUT2D eigenvalue weighted by atomic mass is 32.2. The van der Waals surface area contributed by atoms with E-state index in [0.29, 0.717) is 0 Å². The van der Waals surface area contributed by atoms with E-state index in [1.54, 1.807) is 24.3 Å². The van der Waals surface area contributed by atoms with E-state index in [1.807, 2.05) is 47.9 Å². The van der Waals surface area contributed by atoms with Crippen LogP contribution in [-0.4, -0.2) is 25.1 Å². The second-order valence-corrected chi connectivity index (χ2v) is 8.19. The zero-order valence-corrected chi connectivity index (χ0v) is 15.7. The van der Waals surface area contributed by atoms with Gasteiger partial charge in [0.1, 0.15) is 0 Å². The molecule has 2 aromatic carbocycles. The fourth-order valence-corrected chi connectivity index (χ4v) is 3.55. The number of carbonyl (C=O) groups excluding carboxylic acids is 1. The molecule has 3 rings (SSSR count). The number of carbonyl (C=O) groups is 1. The molecule has 134 valence electrons. The van der Waals surface area contributed by atoms with Crippen molar-refractivity contribution in [3.63, 3.8) is 0 Å². The summed E-state index contributed by atoms with van der Waals surface area (Å²) in [6.07, 6.45) is 1.19. The monoisotopic (exact) mass is 368 g/mol. The van der Waals surface area contributed by atoms with Crippen LogP contribution in [0.3, 0.4) is 0 Å². The first kappa shape index (κ1) is 17.9. The molecule has 0 bridgehead atoms. The summed E-state index contributed by atoms with van der Waals surface area (Å²) >= 11 is 0. The molecule has 5 nitrogen and oxygen atoms in total. The third kappa shape index (κ3) is 3.55. The van der Waals surface area contributed by atoms with Crippen molar-refractivity contribution in [2.45, 2.75) is 18.7 Å². The zero-order chi connectivity index (χ0) is 18.9. The third-order valence-corrected chi connectivity index (χ3v) is 5.28. The molecule has 0 saturated carbocycles. The van der Waals surface area contributed by atoms with E-state index < -0.39 is 9.84 Å². The van der Waals surface area contributed by atoms with Gasteiger partial charge in [0.15, 0.2) is 9.84 Å². The lowest BCUT2D eigenvalue weighted by Gasteiger charge is -2.12. The van der Waals surface area contributed by atoms with Crippen molar-refractivity contribution in [1.29, 1.82) is 0 Å². The van der Waals surface area contributed by atoms with E-state index in [-0.39, 0.29) is 10.8 Å². The van der Waals surface area contributed by atoms with Gasteiger partial charge in [0, 0.05) is 24.6 Å². The second kappa shape index (κ2) is 6.80. The molecule has 1 N–H and O–H groups in total. The van der Waals surface area contributed by atoms with Crippen LogP contribution in [0.4, 0.5) is 5.69 Å². The van der Waals surface area contributed by atoms with Crippen molar-refractivity contribution in [1.82, 2.24) is 4.57 Å². The number of sulfone groups is 1. The van der Waals surface area contributed by atoms with Gasteiger partial charge in [-0.2, -0.15) is 0 Å². The lowest BCUT2D eigenvalue weighted by molar-refractivity contribution is -0.114. The molecule has 0 aliphatic carbocycles. The summed E-state index contributed by atoms with van der Waals surface area (Å²) in [4.78, 5) is 11.8. The minimum atomic E-state index is -3.25. The third-order valence-electron chi connectivity index (χ3n) is 4.15. The molecular weight excluding hydrogens is 348 g/mol. The molecule has 0 aliphatic heterocycles. The Hall–Kier alpha value is -2.86. The molecule has 0 spiro atoms. The van der Waals surface area contributed by atoms with Crippen molar-refractivity contribution >= 4 is 21.4 Å². The van der Waals surface area contributed by atoms with Crippen molar-refractivity contribution in [2.75, 3.05) is 11.6 Å². The Labute approximate surface area is 153 Å². The van der Waals surface area contributed by atoms with Crippen LogP contribution in [-0.2, 0) is 14.6 Å². The molecule has 1 heterocycles. The van der Waals surface area contributed by atoms with Crippen LogP contribution in [0.1, 0.15) is 12.6 Å². The lowest BCUT2D eigenvalue weighted by atomic mass is 10.1. The van der Waals surface area contributed by atoms with Gasteiger partial charge in [-0.1, -0.05) is 30.3 Å². The maximum absolute atomic E-state index is 11.7. The van der Waals surface area contributed by atoms with Crippen molar-refractivity contribution in [3.8, 4) is 16.9 Å². The van der Waals surface area contributed by atoms with Gasteiger partial charge in [0.25, 0.3) is 0 Å². The standard InChI is InChI=1S/C20H20N2O3S/c1-14-19(21-15(2)23)13-20(22(14)17-7-5-4-6-8-17)16-9-11-18(12-10-16)26(3,24)25/h4-13H,1-3H3,(H,21,23). The zero-order valence-electron chi connectivity index (χ0n) is 14.9. The average Bonchev–Trinajstić information content (AvgIpc) is 2.91. The predicted molar refractivity (Wildman–Crippen MR) is 103 cm³/mol. The largest absolute Gasteiger partial charge is 0.325 e. The Morgan fingerprint density at radius 2 is 1.62 bits per heavy atom. The maximum atomic E-state index is 11.7. The Kier molecular flexibility index (Phi) is 4.70. The Balaban J connectivity index is 2.18. The summed E-state index contributed by atoms with van der Waals surface area (Å²) in [7, 11) is -3.25. The topological polar surface area (TPSA) is 68.2 Å². The van der Waals surface area contributed by atoms with Gasteiger partial charge in [0.05, 0.1) is 16.3 Å². The summed E-state index contributed by atoms with van der Waals surface area (Å²) in [6, 6.07) is 18.5. The van der Waals surface area contributed by atoms with E-state index in [1.165, 1.54) is 13.2 Å². The van der Waals surface area contributed by atoms with Gasteiger partial charge in [-0.15, -0.1) is 0 Å². The van der Waals surface area contributed by atoms with E-state index in [9.17, 15) is 13.2 Å². The fraction of sp³-hybridized carbons (Fsp3) is 0.150. The maximum Gasteiger partial charge on any atom is 0.221 e. The Bertz CT molecular complexity index is 1050. The summed E-state index contributed by atoms with van der Waals surface area (Å²) in [5.41, 5.74) is 4.32. The molecule has 3 aromatic rings. The first-order valence-corrected chi connectivity index (χ1v) is 10.0. The van der Waals surface area contributed by atoms with Gasteiger partial charge in [-0.3, -0.25) is 4.79 Å². The first-order valence-electron chi connectivity index (χ1n) is 8.13. The van der Waals surface area contributed by atoms with Crippen LogP contribution in [0.25, 0.3) is 16.9 Å². The molecule has 0 unspecified atom stereocenters. The molecular formula is C20H20N2O3S. The minimum absolute atomic E-state index is 0.141. The number of para-hydroxylation sites is 1. The molecule has 0 aliphatic rings. The summed E-state index contributed by atoms with van der Waals surface area (Å²) in [5.74, 6) is -0.141. The molecule has 0 fully saturated rings. The number of amides is 1. The van der Waals surface area contributed by atoms with E-state index in [2.05, 4.69) is 5.32 Å². The van der Waals surface area contributed by atoms with Crippen molar-refractivity contribution in [2.24, 2.45) is 0 Å². The molecule has 26 heavy (non-hydrogen) atoms. The highest BCUT2D eigenvalue weighted by Gasteiger charge is 2.16. The number of hydrogen-bond acceptors (Lipinski definition) is 3. The number of aromatic nitrogens is 1. The molecule has 1 aromatic heterocycles. The van der Waals surface area contributed by atoms with Gasteiger partial charge in [-0.05, 0) is 42.8 Å². The quantitative estimate of drug-likeness (QED) is 0.761. The molecule has 0 radical (unpaired) electrons. The lowest BCUT2D eigenvalue weighted by Crippen LogP contribution is -2.07. The normalized spacial score (nSPS) is 11.3. The van der Waals surface area contributed by atoms with Crippen LogP contribution in [0.5, 0.6) is 0 Å². The second-order valence-electron chi connectivity index (χ2n) is 6.18. The number of benzene rings is 2. The SMILES string of the molecule is CC(=O)Nc1cc(-c2ccc(S(C)(=O)=O)cc2)n(-c2ccccc2)c1C. The fourth-order valence-electron chi connectivity index (χ4n) is 2.92. The molecule has 0 saturated heterocycles. The highest BCUT2D eigenvalue weighted by molar-refractivity contribution is 7.90. The van der Waals surface area contributed by atoms with Crippen molar-refractivity contribution < 1.29 is 13.2 Å². The Morgan fingerprint density at radius 3 is 2.15 bits per heavy atom. The summed E-state index contributed by atoms with van der Waals surface area (Å²) in [5, 5.41) is 2.85. The number of rotatable bonds is 4. The van der Waals surface area contributed by atoms with Crippen LogP contribution >= 0.6 is 0 Å². The summed E-state index contributed by atoms with van der Waals surface area (Å²) < 4.78 is 25.4. The van der Waals surface area contributed by atoms with Crippen LogP contribution in [0.15, 0.2) is 65.6 Å². The Morgan fingerprint density at radius 1 is 1.00 bits per heavy atom. The number of nitrogens with zero attached hydrogens (tertiary/aromatic N) is 1. The van der Waals surface area contributed by atoms with Gasteiger partial charge < -0.3 is 9.88 Å². The van der Waals surface area contributed by atoms with Crippen molar-refractivity contribution in [3.05, 3.63) is 66.4 Å². The number of anilines is 1. The smallest absolute Gasteiger partial charge is 0.221 e. The van der Waals surface area contributed by atoms with Gasteiger partial charge in [0.2, 0.25) is 5.91 Å². The van der Waals surface area contributed by atoms with E-state index in [4.69, 9.17) is 0 Å². The molecule has 0 atom stereocenters. The van der Waals surface area contributed by atoms with Gasteiger partial charge >= 0.3 is 0 Å². The van der Waals surface area contributed by atoms with Crippen LogP contribution in [0, 0.1) is 6.92 Å². The molecule has 1 amide bonds. The number of hydrogen-bond donors (Lipinski definition) is 1. The van der Waals surface area contributed by atoms with E-state index in [0.717, 1.165) is 28.3 Å². The predicted octanol–water partition coefficient (Wildman–Crippen LogP) is 3.81. The van der Waals surface area contributed by atoms with Crippen LogP contribution in [0.2, 0.25) is 0 Å². The van der Waals surface area contributed by atoms with Crippen LogP contribution < -0.4 is 5.32 Å².